The van der Waals surface area contributed by atoms with Crippen LogP contribution in [-0.4, -0.2) is 24.3 Å². The summed E-state index contributed by atoms with van der Waals surface area (Å²) in [7, 11) is 0. The third-order valence-electron chi connectivity index (χ3n) is 4.40. The van der Waals surface area contributed by atoms with Gasteiger partial charge in [-0.15, -0.1) is 11.3 Å². The number of benzene rings is 1. The van der Waals surface area contributed by atoms with E-state index in [9.17, 15) is 9.18 Å². The number of nitrogens with one attached hydrogen (secondary N) is 1. The van der Waals surface area contributed by atoms with Crippen LogP contribution in [0.15, 0.2) is 23.2 Å². The first-order chi connectivity index (χ1) is 12.1. The second-order valence-corrected chi connectivity index (χ2v) is 7.62. The highest BCUT2D eigenvalue weighted by molar-refractivity contribution is 7.17. The molecule has 4 rings (SSSR count). The fourth-order valence-corrected chi connectivity index (χ4v) is 4.66. The Morgan fingerprint density at radius 1 is 1.40 bits per heavy atom. The number of fused-ring (bicyclic) bond motifs is 3. The molecule has 1 aromatic carbocycles. The van der Waals surface area contributed by atoms with Gasteiger partial charge in [0.1, 0.15) is 16.9 Å². The van der Waals surface area contributed by atoms with Gasteiger partial charge >= 0.3 is 0 Å². The molecule has 1 N–H and O–H groups in total. The molecule has 0 radical (unpaired) electrons. The van der Waals surface area contributed by atoms with Crippen LogP contribution in [0.25, 0.3) is 0 Å². The highest BCUT2D eigenvalue weighted by Gasteiger charge is 2.31. The molecule has 0 saturated heterocycles. The number of halogens is 2. The summed E-state index contributed by atoms with van der Waals surface area (Å²) in [6.07, 6.45) is 1.79. The van der Waals surface area contributed by atoms with E-state index in [1.165, 1.54) is 17.4 Å². The average Bonchev–Trinajstić information content (AvgIpc) is 2.70. The van der Waals surface area contributed by atoms with E-state index in [1.807, 2.05) is 0 Å². The van der Waals surface area contributed by atoms with Gasteiger partial charge in [0.25, 0.3) is 0 Å². The number of ether oxygens (including phenoxy) is 1. The normalized spacial score (nSPS) is 20.0. The summed E-state index contributed by atoms with van der Waals surface area (Å²) < 4.78 is 20.3. The zero-order chi connectivity index (χ0) is 17.6. The summed E-state index contributed by atoms with van der Waals surface area (Å²) in [4.78, 5) is 18.0. The third kappa shape index (κ3) is 2.88. The summed E-state index contributed by atoms with van der Waals surface area (Å²) in [5, 5.41) is 3.91. The Hall–Kier alpha value is -1.76. The highest BCUT2D eigenvalue weighted by Crippen LogP contribution is 2.40. The smallest absolute Gasteiger partial charge is 0.249 e. The lowest BCUT2D eigenvalue weighted by atomic mass is 9.98. The average molecular weight is 379 g/mol. The molecule has 0 spiro atoms. The Morgan fingerprint density at radius 3 is 3.04 bits per heavy atom. The van der Waals surface area contributed by atoms with Crippen molar-refractivity contribution in [3.63, 3.8) is 0 Å². The molecule has 0 aliphatic carbocycles. The van der Waals surface area contributed by atoms with Crippen molar-refractivity contribution >= 4 is 39.6 Å². The fourth-order valence-electron chi connectivity index (χ4n) is 3.16. The number of amides is 1. The quantitative estimate of drug-likeness (QED) is 0.809. The maximum absolute atomic E-state index is 14.6. The van der Waals surface area contributed by atoms with Gasteiger partial charge in [-0.1, -0.05) is 17.7 Å². The number of hydrogen-bond acceptors (Lipinski definition) is 4. The van der Waals surface area contributed by atoms with Crippen LogP contribution in [-0.2, 0) is 22.6 Å². The minimum Gasteiger partial charge on any atom is -0.377 e. The van der Waals surface area contributed by atoms with Gasteiger partial charge in [-0.2, -0.15) is 0 Å². The largest absolute Gasteiger partial charge is 0.377 e. The van der Waals surface area contributed by atoms with E-state index in [-0.39, 0.29) is 16.5 Å². The molecule has 2 aromatic rings. The molecule has 2 aliphatic rings. The molecule has 1 aromatic heterocycles. The molecule has 4 nitrogen and oxygen atoms in total. The van der Waals surface area contributed by atoms with Gasteiger partial charge in [-0.3, -0.25) is 9.79 Å². The molecule has 0 saturated carbocycles. The van der Waals surface area contributed by atoms with E-state index in [0.717, 1.165) is 28.8 Å². The van der Waals surface area contributed by atoms with Crippen molar-refractivity contribution in [2.75, 3.05) is 11.9 Å². The van der Waals surface area contributed by atoms with E-state index >= 15 is 0 Å². The zero-order valence-corrected chi connectivity index (χ0v) is 15.1. The number of rotatable bonds is 1. The molecule has 2 aliphatic heterocycles. The van der Waals surface area contributed by atoms with Crippen LogP contribution in [0.2, 0.25) is 5.02 Å². The van der Waals surface area contributed by atoms with Crippen molar-refractivity contribution in [3.05, 3.63) is 50.6 Å². The van der Waals surface area contributed by atoms with E-state index in [4.69, 9.17) is 16.3 Å². The van der Waals surface area contributed by atoms with Gasteiger partial charge in [0.15, 0.2) is 0 Å². The maximum Gasteiger partial charge on any atom is 0.249 e. The van der Waals surface area contributed by atoms with E-state index in [2.05, 4.69) is 10.3 Å². The third-order valence-corrected chi connectivity index (χ3v) is 5.93. The molecule has 3 heterocycles. The molecule has 0 bridgehead atoms. The lowest BCUT2D eigenvalue weighted by molar-refractivity contribution is -0.116. The van der Waals surface area contributed by atoms with Gasteiger partial charge in [-0.25, -0.2) is 4.39 Å². The van der Waals surface area contributed by atoms with Crippen LogP contribution in [0.3, 0.4) is 0 Å². The molecule has 130 valence electrons. The maximum atomic E-state index is 14.6. The van der Waals surface area contributed by atoms with Crippen LogP contribution in [0.4, 0.5) is 9.39 Å². The lowest BCUT2D eigenvalue weighted by Crippen LogP contribution is -2.22. The number of hydrogen-bond donors (Lipinski definition) is 1. The number of carbonyl (C=O) groups is 1. The Kier molecular flexibility index (Phi) is 4.35. The van der Waals surface area contributed by atoms with Crippen LogP contribution < -0.4 is 5.32 Å². The SMILES string of the molecule is C[C@@H]1N=C(c2c(F)cccc2Cl)c2c(sc3c2COCCC3)NC1=O. The van der Waals surface area contributed by atoms with Crippen LogP contribution in [0, 0.1) is 5.82 Å². The van der Waals surface area contributed by atoms with Crippen LogP contribution >= 0.6 is 22.9 Å². The van der Waals surface area contributed by atoms with Gasteiger partial charge in [0.2, 0.25) is 5.91 Å². The van der Waals surface area contributed by atoms with E-state index < -0.39 is 11.9 Å². The van der Waals surface area contributed by atoms with Crippen LogP contribution in [0.5, 0.6) is 0 Å². The molecular weight excluding hydrogens is 363 g/mol. The van der Waals surface area contributed by atoms with Crippen molar-refractivity contribution in [2.24, 2.45) is 4.99 Å². The van der Waals surface area contributed by atoms with Gasteiger partial charge in [0.05, 0.1) is 22.9 Å². The van der Waals surface area contributed by atoms with Crippen LogP contribution in [0.1, 0.15) is 34.9 Å². The summed E-state index contributed by atoms with van der Waals surface area (Å²) in [6, 6.07) is 3.92. The second-order valence-electron chi connectivity index (χ2n) is 6.10. The number of thiophene rings is 1. The second kappa shape index (κ2) is 6.52. The minimum absolute atomic E-state index is 0.207. The Bertz CT molecular complexity index is 873. The first kappa shape index (κ1) is 16.7. The summed E-state index contributed by atoms with van der Waals surface area (Å²) in [6.45, 7) is 2.80. The number of carbonyl (C=O) groups excluding carboxylic acids is 1. The molecule has 1 atom stereocenters. The molecule has 1 amide bonds. The molecule has 7 heteroatoms. The predicted octanol–water partition coefficient (Wildman–Crippen LogP) is 4.18. The minimum atomic E-state index is -0.632. The fraction of sp³-hybridized carbons (Fsp3) is 0.333. The van der Waals surface area contributed by atoms with Crippen molar-refractivity contribution in [2.45, 2.75) is 32.4 Å². The van der Waals surface area contributed by atoms with E-state index in [1.54, 1.807) is 19.1 Å². The first-order valence-electron chi connectivity index (χ1n) is 8.12. The van der Waals surface area contributed by atoms with Gasteiger partial charge in [-0.05, 0) is 31.9 Å². The van der Waals surface area contributed by atoms with Gasteiger partial charge in [0, 0.05) is 22.6 Å². The lowest BCUT2D eigenvalue weighted by Gasteiger charge is -2.12. The summed E-state index contributed by atoms with van der Waals surface area (Å²) in [5.41, 5.74) is 2.38. The van der Waals surface area contributed by atoms with Crippen molar-refractivity contribution in [1.29, 1.82) is 0 Å². The predicted molar refractivity (Wildman–Crippen MR) is 97.4 cm³/mol. The Balaban J connectivity index is 1.99. The van der Waals surface area contributed by atoms with Crippen molar-refractivity contribution in [1.82, 2.24) is 0 Å². The van der Waals surface area contributed by atoms with Gasteiger partial charge < -0.3 is 10.1 Å². The summed E-state index contributed by atoms with van der Waals surface area (Å²) in [5.74, 6) is -0.658. The molecule has 25 heavy (non-hydrogen) atoms. The molecular formula is C18H16ClFN2O2S. The number of aryl methyl sites for hydroxylation is 1. The monoisotopic (exact) mass is 378 g/mol. The molecule has 0 fully saturated rings. The topological polar surface area (TPSA) is 50.7 Å². The van der Waals surface area contributed by atoms with Crippen molar-refractivity contribution in [3.8, 4) is 0 Å². The first-order valence-corrected chi connectivity index (χ1v) is 9.31. The van der Waals surface area contributed by atoms with Crippen molar-refractivity contribution < 1.29 is 13.9 Å². The zero-order valence-electron chi connectivity index (χ0n) is 13.6. The Labute approximate surface area is 153 Å². The van der Waals surface area contributed by atoms with E-state index in [0.29, 0.717) is 23.9 Å². The number of nitrogens with zero attached hydrogens (tertiary/aromatic N) is 1. The Morgan fingerprint density at radius 2 is 2.24 bits per heavy atom. The number of aliphatic imine (C=N–C) groups is 1. The number of anilines is 1. The summed E-state index contributed by atoms with van der Waals surface area (Å²) >= 11 is 7.82. The molecule has 0 unspecified atom stereocenters. The standard InChI is InChI=1S/C18H16ClFN2O2S/c1-9-17(23)22-18-14(10-8-24-7-3-6-13(10)25-18)16(21-9)15-11(19)4-2-5-12(15)20/h2,4-5,9H,3,6-8H2,1H3,(H,22,23)/t9-/m0/s1. The highest BCUT2D eigenvalue weighted by atomic mass is 35.5.